The Kier molecular flexibility index (Phi) is 6.87. The first-order chi connectivity index (χ1) is 17.5. The van der Waals surface area contributed by atoms with E-state index in [1.54, 1.807) is 28.0 Å². The smallest absolute Gasteiger partial charge is 0.257 e. The van der Waals surface area contributed by atoms with Gasteiger partial charge in [-0.05, 0) is 58.6 Å². The van der Waals surface area contributed by atoms with Crippen LogP contribution in [0.15, 0.2) is 77.0 Å². The fourth-order valence-electron chi connectivity index (χ4n) is 4.63. The second kappa shape index (κ2) is 10.2. The maximum Gasteiger partial charge on any atom is 0.257 e. The summed E-state index contributed by atoms with van der Waals surface area (Å²) in [4.78, 5) is 10.7. The number of hydrogen-bond acceptors (Lipinski definition) is 7. The molecule has 0 radical (unpaired) electrons. The molecule has 0 saturated carbocycles. The zero-order valence-electron chi connectivity index (χ0n) is 19.9. The van der Waals surface area contributed by atoms with Gasteiger partial charge in [-0.2, -0.15) is 20.9 Å². The van der Waals surface area contributed by atoms with E-state index in [0.29, 0.717) is 25.1 Å². The fourth-order valence-corrected chi connectivity index (χ4v) is 6.91. The molecule has 184 valence electrons. The van der Waals surface area contributed by atoms with E-state index in [-0.39, 0.29) is 24.1 Å². The van der Waals surface area contributed by atoms with E-state index in [9.17, 15) is 13.7 Å². The van der Waals surface area contributed by atoms with Crippen LogP contribution in [0, 0.1) is 11.3 Å². The molecule has 10 heteroatoms. The van der Waals surface area contributed by atoms with Crippen molar-refractivity contribution in [2.75, 3.05) is 11.4 Å². The van der Waals surface area contributed by atoms with E-state index in [0.717, 1.165) is 22.5 Å². The molecule has 2 aliphatic heterocycles. The maximum absolute atomic E-state index is 14.0. The lowest BCUT2D eigenvalue weighted by atomic mass is 9.95. The van der Waals surface area contributed by atoms with Crippen LogP contribution >= 0.6 is 11.3 Å². The predicted molar refractivity (Wildman–Crippen MR) is 142 cm³/mol. The number of nitrogens with zero attached hydrogens (tertiary/aromatic N) is 6. The van der Waals surface area contributed by atoms with Gasteiger partial charge in [0.05, 0.1) is 30.2 Å². The molecule has 0 spiro atoms. The van der Waals surface area contributed by atoms with E-state index in [2.05, 4.69) is 20.9 Å². The molecule has 1 aromatic carbocycles. The van der Waals surface area contributed by atoms with E-state index in [4.69, 9.17) is 0 Å². The molecule has 2 aromatic heterocycles. The van der Waals surface area contributed by atoms with Crippen LogP contribution < -0.4 is 4.90 Å². The molecule has 0 N–H and O–H groups in total. The number of nitriles is 1. The lowest BCUT2D eigenvalue weighted by Crippen LogP contribution is -2.51. The van der Waals surface area contributed by atoms with Crippen molar-refractivity contribution in [1.29, 1.82) is 5.26 Å². The quantitative estimate of drug-likeness (QED) is 0.492. The number of sulfonamides is 1. The van der Waals surface area contributed by atoms with Gasteiger partial charge < -0.3 is 9.47 Å². The van der Waals surface area contributed by atoms with Gasteiger partial charge in [-0.25, -0.2) is 18.4 Å². The molecule has 0 fully saturated rings. The van der Waals surface area contributed by atoms with Crippen molar-refractivity contribution in [2.24, 2.45) is 12.0 Å². The van der Waals surface area contributed by atoms with Gasteiger partial charge in [-0.1, -0.05) is 12.2 Å². The van der Waals surface area contributed by atoms with Crippen LogP contribution in [0.3, 0.4) is 0 Å². The molecule has 0 aliphatic carbocycles. The van der Waals surface area contributed by atoms with Gasteiger partial charge in [0.1, 0.15) is 0 Å². The molecular formula is C26H26N6O2S2. The Bertz CT molecular complexity index is 1480. The SMILES string of the molecule is Cn1cncc1CN1CC(N(Cc2ccsc2)S(=O)(=O)C2=NC=CC=CC2)Cc2cc(C#N)ccc21. The highest BCUT2D eigenvalue weighted by molar-refractivity contribution is 8.04. The number of fused-ring (bicyclic) bond motifs is 1. The lowest BCUT2D eigenvalue weighted by Gasteiger charge is -2.40. The van der Waals surface area contributed by atoms with Gasteiger partial charge >= 0.3 is 0 Å². The van der Waals surface area contributed by atoms with Crippen molar-refractivity contribution in [3.05, 3.63) is 94.4 Å². The molecule has 8 nitrogen and oxygen atoms in total. The Hall–Kier alpha value is -3.52. The van der Waals surface area contributed by atoms with E-state index in [1.807, 2.05) is 65.0 Å². The number of aliphatic imine (C=N–C) groups is 1. The van der Waals surface area contributed by atoms with Crippen LogP contribution in [0.2, 0.25) is 0 Å². The molecule has 5 rings (SSSR count). The number of aryl methyl sites for hydroxylation is 1. The first-order valence-corrected chi connectivity index (χ1v) is 14.0. The monoisotopic (exact) mass is 518 g/mol. The number of hydrogen-bond donors (Lipinski definition) is 0. The summed E-state index contributed by atoms with van der Waals surface area (Å²) in [5.41, 5.74) is 4.49. The first-order valence-electron chi connectivity index (χ1n) is 11.6. The van der Waals surface area contributed by atoms with Crippen molar-refractivity contribution in [3.63, 3.8) is 0 Å². The van der Waals surface area contributed by atoms with E-state index < -0.39 is 10.0 Å². The van der Waals surface area contributed by atoms with Gasteiger partial charge in [0.2, 0.25) is 0 Å². The molecule has 4 heterocycles. The molecule has 0 bridgehead atoms. The Morgan fingerprint density at radius 2 is 2.17 bits per heavy atom. The summed E-state index contributed by atoms with van der Waals surface area (Å²) in [5.74, 6) is 0. The zero-order chi connectivity index (χ0) is 25.1. The lowest BCUT2D eigenvalue weighted by molar-refractivity contribution is 0.307. The number of allylic oxidation sites excluding steroid dienone is 3. The Balaban J connectivity index is 1.56. The van der Waals surface area contributed by atoms with Crippen molar-refractivity contribution in [3.8, 4) is 6.07 Å². The number of benzene rings is 1. The summed E-state index contributed by atoms with van der Waals surface area (Å²) in [6, 6.07) is 9.48. The molecule has 0 amide bonds. The standard InChI is InChI=1S/C26H26N6O2S2/c1-30-19-28-14-24(30)17-31-16-23(12-22-11-20(13-27)6-7-25(22)31)32(15-21-8-10-35-18-21)36(33,34)26-5-3-2-4-9-29-26/h2-4,6-11,14,18-19,23H,5,12,15-17H2,1H3. The van der Waals surface area contributed by atoms with Crippen LogP contribution in [-0.4, -0.2) is 39.9 Å². The molecule has 1 unspecified atom stereocenters. The summed E-state index contributed by atoms with van der Waals surface area (Å²) < 4.78 is 31.6. The number of imidazole rings is 1. The molecule has 36 heavy (non-hydrogen) atoms. The third kappa shape index (κ3) is 4.91. The highest BCUT2D eigenvalue weighted by Crippen LogP contribution is 2.33. The Labute approximate surface area is 215 Å². The summed E-state index contributed by atoms with van der Waals surface area (Å²) in [5, 5.41) is 13.6. The molecule has 2 aliphatic rings. The van der Waals surface area contributed by atoms with E-state index >= 15 is 0 Å². The summed E-state index contributed by atoms with van der Waals surface area (Å²) in [6.45, 7) is 1.34. The topological polar surface area (TPSA) is 94.6 Å². The highest BCUT2D eigenvalue weighted by Gasteiger charge is 2.38. The van der Waals surface area contributed by atoms with Gasteiger partial charge in [-0.15, -0.1) is 0 Å². The van der Waals surface area contributed by atoms with Crippen LogP contribution in [0.5, 0.6) is 0 Å². The number of thiophene rings is 1. The van der Waals surface area contributed by atoms with Crippen molar-refractivity contribution in [2.45, 2.75) is 32.0 Å². The minimum absolute atomic E-state index is 0.137. The second-order valence-electron chi connectivity index (χ2n) is 8.87. The summed E-state index contributed by atoms with van der Waals surface area (Å²) in [7, 11) is -1.91. The third-order valence-corrected chi connectivity index (χ3v) is 9.13. The minimum Gasteiger partial charge on any atom is -0.364 e. The average Bonchev–Trinajstić information content (AvgIpc) is 3.45. The van der Waals surface area contributed by atoms with Crippen molar-refractivity contribution in [1.82, 2.24) is 13.9 Å². The minimum atomic E-state index is -3.86. The van der Waals surface area contributed by atoms with Crippen molar-refractivity contribution < 1.29 is 8.42 Å². The van der Waals surface area contributed by atoms with Crippen LogP contribution in [0.4, 0.5) is 5.69 Å². The normalized spacial score (nSPS) is 17.5. The fraction of sp³-hybridized carbons (Fsp3) is 0.269. The van der Waals surface area contributed by atoms with Crippen LogP contribution in [-0.2, 0) is 36.6 Å². The summed E-state index contributed by atoms with van der Waals surface area (Å²) in [6.07, 6.45) is 11.2. The largest absolute Gasteiger partial charge is 0.364 e. The number of aromatic nitrogens is 2. The van der Waals surface area contributed by atoms with Gasteiger partial charge in [0, 0.05) is 50.7 Å². The van der Waals surface area contributed by atoms with Gasteiger partial charge in [0.15, 0.2) is 5.04 Å². The molecule has 3 aromatic rings. The number of anilines is 1. The maximum atomic E-state index is 14.0. The average molecular weight is 519 g/mol. The summed E-state index contributed by atoms with van der Waals surface area (Å²) >= 11 is 1.55. The van der Waals surface area contributed by atoms with Gasteiger partial charge in [-0.3, -0.25) is 0 Å². The van der Waals surface area contributed by atoms with Crippen molar-refractivity contribution >= 4 is 32.1 Å². The number of rotatable bonds is 6. The van der Waals surface area contributed by atoms with Crippen LogP contribution in [0.1, 0.15) is 28.8 Å². The zero-order valence-corrected chi connectivity index (χ0v) is 21.5. The highest BCUT2D eigenvalue weighted by atomic mass is 32.2. The Morgan fingerprint density at radius 3 is 2.92 bits per heavy atom. The second-order valence-corrected chi connectivity index (χ2v) is 11.5. The van der Waals surface area contributed by atoms with Gasteiger partial charge in [0.25, 0.3) is 10.0 Å². The molecule has 1 atom stereocenters. The molecule has 0 saturated heterocycles. The Morgan fingerprint density at radius 1 is 1.28 bits per heavy atom. The molecular weight excluding hydrogens is 492 g/mol. The van der Waals surface area contributed by atoms with E-state index in [1.165, 1.54) is 6.20 Å². The first kappa shape index (κ1) is 24.2. The predicted octanol–water partition coefficient (Wildman–Crippen LogP) is 3.99. The van der Waals surface area contributed by atoms with Crippen LogP contribution in [0.25, 0.3) is 0 Å². The third-order valence-electron chi connectivity index (χ3n) is 6.48.